The number of likely N-dealkylation sites (N-methyl/N-ethyl adjacent to an activating group) is 1. The third-order valence-corrected chi connectivity index (χ3v) is 5.56. The van der Waals surface area contributed by atoms with Crippen LogP contribution in [-0.4, -0.2) is 57.9 Å². The van der Waals surface area contributed by atoms with Crippen LogP contribution in [0.25, 0.3) is 0 Å². The molecule has 3 rings (SSSR count). The van der Waals surface area contributed by atoms with Crippen LogP contribution in [0.3, 0.4) is 0 Å². The van der Waals surface area contributed by atoms with Crippen molar-refractivity contribution in [1.82, 2.24) is 18.9 Å². The second kappa shape index (κ2) is 7.92. The summed E-state index contributed by atoms with van der Waals surface area (Å²) < 4.78 is 3.18. The van der Waals surface area contributed by atoms with Gasteiger partial charge in [0, 0.05) is 56.9 Å². The molecule has 0 atom stereocenters. The maximum Gasteiger partial charge on any atom is 0.330 e. The summed E-state index contributed by atoms with van der Waals surface area (Å²) in [6.45, 7) is 3.86. The van der Waals surface area contributed by atoms with Crippen LogP contribution in [0.2, 0.25) is 0 Å². The Kier molecular flexibility index (Phi) is 5.78. The molecule has 0 N–H and O–H groups in total. The lowest BCUT2D eigenvalue weighted by Crippen LogP contribution is -2.47. The zero-order chi connectivity index (χ0) is 19.7. The van der Waals surface area contributed by atoms with Gasteiger partial charge in [0.25, 0.3) is 5.56 Å². The number of piperazine rings is 1. The largest absolute Gasteiger partial charge is 0.330 e. The minimum absolute atomic E-state index is 0.0663. The molecule has 0 amide bonds. The SMILES string of the molecule is CN1CCN(Cc2c(C(=O)c3cccc(Br)c3)c(=O)n(C)c(=O)n2C)CC1. The summed E-state index contributed by atoms with van der Waals surface area (Å²) in [5.41, 5.74) is -0.0175. The Morgan fingerprint density at radius 1 is 1.04 bits per heavy atom. The molecule has 2 aromatic rings. The van der Waals surface area contributed by atoms with Gasteiger partial charge in [-0.05, 0) is 19.2 Å². The summed E-state index contributed by atoms with van der Waals surface area (Å²) in [7, 11) is 5.08. The van der Waals surface area contributed by atoms with Crippen LogP contribution in [0.4, 0.5) is 0 Å². The standard InChI is InChI=1S/C19H23BrN4O3/c1-21-7-9-24(10-8-21)12-15-16(18(26)23(3)19(27)22(15)2)17(25)13-5-4-6-14(20)11-13/h4-6,11H,7-10,12H2,1-3H3. The second-order valence-corrected chi connectivity index (χ2v) is 7.86. The molecule has 1 aliphatic rings. The second-order valence-electron chi connectivity index (χ2n) is 6.95. The summed E-state index contributed by atoms with van der Waals surface area (Å²) in [5.74, 6) is -0.364. The van der Waals surface area contributed by atoms with Gasteiger partial charge in [-0.1, -0.05) is 28.1 Å². The topological polar surface area (TPSA) is 67.6 Å². The Balaban J connectivity index is 2.10. The highest BCUT2D eigenvalue weighted by Gasteiger charge is 2.25. The van der Waals surface area contributed by atoms with Crippen LogP contribution in [-0.2, 0) is 20.6 Å². The van der Waals surface area contributed by atoms with Crippen molar-refractivity contribution < 1.29 is 4.79 Å². The number of benzene rings is 1. The number of hydrogen-bond donors (Lipinski definition) is 0. The van der Waals surface area contributed by atoms with Gasteiger partial charge in [-0.2, -0.15) is 0 Å². The van der Waals surface area contributed by atoms with Crippen molar-refractivity contribution in [2.75, 3.05) is 33.2 Å². The van der Waals surface area contributed by atoms with Gasteiger partial charge in [0.2, 0.25) is 0 Å². The predicted octanol–water partition coefficient (Wildman–Crippen LogP) is 0.825. The number of ketones is 1. The Labute approximate surface area is 165 Å². The van der Waals surface area contributed by atoms with Crippen molar-refractivity contribution >= 4 is 21.7 Å². The van der Waals surface area contributed by atoms with Crippen LogP contribution < -0.4 is 11.2 Å². The van der Waals surface area contributed by atoms with Gasteiger partial charge in [0.1, 0.15) is 5.56 Å². The minimum atomic E-state index is -0.549. The molecule has 8 heteroatoms. The molecule has 0 spiro atoms. The van der Waals surface area contributed by atoms with Crippen molar-refractivity contribution in [3.8, 4) is 0 Å². The van der Waals surface area contributed by atoms with Crippen LogP contribution >= 0.6 is 15.9 Å². The third-order valence-electron chi connectivity index (χ3n) is 5.07. The molecule has 1 saturated heterocycles. The first-order valence-corrected chi connectivity index (χ1v) is 9.59. The van der Waals surface area contributed by atoms with Gasteiger partial charge in [-0.3, -0.25) is 23.6 Å². The molecule has 7 nitrogen and oxygen atoms in total. The van der Waals surface area contributed by atoms with Crippen LogP contribution in [0.5, 0.6) is 0 Å². The van der Waals surface area contributed by atoms with Gasteiger partial charge < -0.3 is 4.90 Å². The van der Waals surface area contributed by atoms with E-state index in [9.17, 15) is 14.4 Å². The molecule has 0 radical (unpaired) electrons. The molecule has 0 saturated carbocycles. The van der Waals surface area contributed by atoms with Crippen LogP contribution in [0.1, 0.15) is 21.6 Å². The average Bonchev–Trinajstić information content (AvgIpc) is 2.66. The highest BCUT2D eigenvalue weighted by Crippen LogP contribution is 2.17. The normalized spacial score (nSPS) is 15.9. The van der Waals surface area contributed by atoms with E-state index in [1.54, 1.807) is 25.2 Å². The van der Waals surface area contributed by atoms with E-state index in [1.807, 2.05) is 6.07 Å². The van der Waals surface area contributed by atoms with E-state index in [1.165, 1.54) is 11.6 Å². The lowest BCUT2D eigenvalue weighted by Gasteiger charge is -2.33. The van der Waals surface area contributed by atoms with E-state index < -0.39 is 11.2 Å². The Morgan fingerprint density at radius 3 is 2.33 bits per heavy atom. The number of rotatable bonds is 4. The molecule has 27 heavy (non-hydrogen) atoms. The van der Waals surface area contributed by atoms with Gasteiger partial charge in [-0.25, -0.2) is 4.79 Å². The molecule has 1 aromatic carbocycles. The smallest absolute Gasteiger partial charge is 0.304 e. The zero-order valence-corrected chi connectivity index (χ0v) is 17.3. The van der Waals surface area contributed by atoms with Crippen LogP contribution in [0, 0.1) is 0 Å². The van der Waals surface area contributed by atoms with E-state index in [0.717, 1.165) is 35.2 Å². The van der Waals surface area contributed by atoms with Crippen LogP contribution in [0.15, 0.2) is 38.3 Å². The van der Waals surface area contributed by atoms with Crippen molar-refractivity contribution in [3.05, 3.63) is 66.4 Å². The summed E-state index contributed by atoms with van der Waals surface area (Å²) >= 11 is 3.36. The van der Waals surface area contributed by atoms with Gasteiger partial charge in [0.15, 0.2) is 5.78 Å². The number of halogens is 1. The molecular formula is C19H23BrN4O3. The first-order chi connectivity index (χ1) is 12.8. The van der Waals surface area contributed by atoms with Gasteiger partial charge in [-0.15, -0.1) is 0 Å². The molecule has 1 aromatic heterocycles. The monoisotopic (exact) mass is 434 g/mol. The number of aromatic nitrogens is 2. The molecule has 0 unspecified atom stereocenters. The maximum atomic E-state index is 13.2. The molecule has 0 aliphatic carbocycles. The van der Waals surface area contributed by atoms with Gasteiger partial charge in [0.05, 0.1) is 5.69 Å². The lowest BCUT2D eigenvalue weighted by molar-refractivity contribution is 0.103. The first kappa shape index (κ1) is 19.7. The molecule has 0 bridgehead atoms. The molecule has 1 fully saturated rings. The Morgan fingerprint density at radius 2 is 1.70 bits per heavy atom. The number of hydrogen-bond acceptors (Lipinski definition) is 5. The number of nitrogens with zero attached hydrogens (tertiary/aromatic N) is 4. The molecule has 1 aliphatic heterocycles. The zero-order valence-electron chi connectivity index (χ0n) is 15.7. The first-order valence-electron chi connectivity index (χ1n) is 8.79. The summed E-state index contributed by atoms with van der Waals surface area (Å²) in [5, 5.41) is 0. The Bertz CT molecular complexity index is 987. The van der Waals surface area contributed by atoms with Gasteiger partial charge >= 0.3 is 5.69 Å². The third kappa shape index (κ3) is 3.97. The van der Waals surface area contributed by atoms with E-state index in [0.29, 0.717) is 17.8 Å². The van der Waals surface area contributed by atoms with Crippen molar-refractivity contribution in [1.29, 1.82) is 0 Å². The summed E-state index contributed by atoms with van der Waals surface area (Å²) in [6.07, 6.45) is 0. The lowest BCUT2D eigenvalue weighted by atomic mass is 10.0. The van der Waals surface area contributed by atoms with E-state index in [-0.39, 0.29) is 11.3 Å². The number of carbonyl (C=O) groups is 1. The highest BCUT2D eigenvalue weighted by molar-refractivity contribution is 9.10. The fraction of sp³-hybridized carbons (Fsp3) is 0.421. The summed E-state index contributed by atoms with van der Waals surface area (Å²) in [6, 6.07) is 6.94. The van der Waals surface area contributed by atoms with Crippen molar-refractivity contribution in [2.45, 2.75) is 6.54 Å². The quantitative estimate of drug-likeness (QED) is 0.666. The fourth-order valence-electron chi connectivity index (χ4n) is 3.29. The summed E-state index contributed by atoms with van der Waals surface area (Å²) in [4.78, 5) is 42.9. The molecule has 144 valence electrons. The van der Waals surface area contributed by atoms with Crippen molar-refractivity contribution in [3.63, 3.8) is 0 Å². The average molecular weight is 435 g/mol. The number of carbonyl (C=O) groups excluding carboxylic acids is 1. The maximum absolute atomic E-state index is 13.2. The molecular weight excluding hydrogens is 412 g/mol. The fourth-order valence-corrected chi connectivity index (χ4v) is 3.69. The minimum Gasteiger partial charge on any atom is -0.304 e. The van der Waals surface area contributed by atoms with Crippen molar-refractivity contribution in [2.24, 2.45) is 14.1 Å². The molecule has 2 heterocycles. The Hall–Kier alpha value is -2.03. The van der Waals surface area contributed by atoms with E-state index >= 15 is 0 Å². The van der Waals surface area contributed by atoms with E-state index in [4.69, 9.17) is 0 Å². The predicted molar refractivity (Wildman–Crippen MR) is 107 cm³/mol. The van der Waals surface area contributed by atoms with E-state index in [2.05, 4.69) is 32.8 Å². The highest BCUT2D eigenvalue weighted by atomic mass is 79.9.